The number of rotatable bonds is 6. The molecule has 5 nitrogen and oxygen atoms in total. The number of carbonyl (C=O) groups is 2. The number of hydrogen-bond acceptors (Lipinski definition) is 6. The lowest BCUT2D eigenvalue weighted by molar-refractivity contribution is 0.0603. The lowest BCUT2D eigenvalue weighted by Crippen LogP contribution is -2.09. The van der Waals surface area contributed by atoms with Crippen LogP contribution in [-0.2, 0) is 4.74 Å². The number of methoxy groups -OCH3 is 1. The number of anilines is 2. The summed E-state index contributed by atoms with van der Waals surface area (Å²) < 4.78 is 4.73. The summed E-state index contributed by atoms with van der Waals surface area (Å²) in [6.45, 7) is 6.29. The average molecular weight is 296 g/mol. The van der Waals surface area contributed by atoms with Crippen molar-refractivity contribution in [3.63, 3.8) is 0 Å². The number of ketones is 1. The molecule has 0 aliphatic heterocycles. The molecule has 0 unspecified atom stereocenters. The van der Waals surface area contributed by atoms with Gasteiger partial charge in [-0.3, -0.25) is 4.79 Å². The minimum absolute atomic E-state index is 0.0760. The Morgan fingerprint density at radius 3 is 2.55 bits per heavy atom. The molecule has 0 aliphatic rings. The molecule has 0 spiro atoms. The number of thiophene rings is 1. The summed E-state index contributed by atoms with van der Waals surface area (Å²) in [5.74, 6) is -0.610. The van der Waals surface area contributed by atoms with E-state index >= 15 is 0 Å². The highest BCUT2D eigenvalue weighted by Crippen LogP contribution is 2.36. The first-order chi connectivity index (χ1) is 9.42. The number of esters is 1. The zero-order valence-corrected chi connectivity index (χ0v) is 13.0. The van der Waals surface area contributed by atoms with Crippen LogP contribution in [0.2, 0.25) is 0 Å². The highest BCUT2D eigenvalue weighted by Gasteiger charge is 2.25. The minimum atomic E-state index is -0.534. The molecule has 0 fully saturated rings. The number of nitrogens with two attached hydrogens (primary N) is 1. The molecule has 0 atom stereocenters. The van der Waals surface area contributed by atoms with Gasteiger partial charge >= 0.3 is 5.97 Å². The number of Topliss-reactive ketones (excluding diaryl/α,β-unsaturated/α-hetero) is 1. The first kappa shape index (κ1) is 16.2. The Morgan fingerprint density at radius 2 is 2.05 bits per heavy atom. The zero-order valence-electron chi connectivity index (χ0n) is 12.2. The van der Waals surface area contributed by atoms with Crippen molar-refractivity contribution in [2.45, 2.75) is 27.2 Å². The maximum atomic E-state index is 11.8. The number of carbonyl (C=O) groups excluding carboxylic acids is 2. The average Bonchev–Trinajstić information content (AvgIpc) is 2.73. The lowest BCUT2D eigenvalue weighted by Gasteiger charge is -2.04. The summed E-state index contributed by atoms with van der Waals surface area (Å²) in [6.07, 6.45) is 2.33. The fraction of sp³-hybridized carbons (Fsp3) is 0.429. The number of nitrogens with one attached hydrogen (secondary N) is 1. The topological polar surface area (TPSA) is 81.4 Å². The Bertz CT molecular complexity index is 543. The van der Waals surface area contributed by atoms with E-state index in [1.807, 2.05) is 19.9 Å². The van der Waals surface area contributed by atoms with E-state index in [1.54, 1.807) is 6.92 Å². The summed E-state index contributed by atoms with van der Waals surface area (Å²) in [7, 11) is 1.29. The van der Waals surface area contributed by atoms with Crippen LogP contribution in [0.25, 0.3) is 0 Å². The molecule has 6 heteroatoms. The van der Waals surface area contributed by atoms with Crippen LogP contribution in [0.15, 0.2) is 11.6 Å². The van der Waals surface area contributed by atoms with Crippen LogP contribution in [0.5, 0.6) is 0 Å². The highest BCUT2D eigenvalue weighted by molar-refractivity contribution is 7.19. The van der Waals surface area contributed by atoms with Gasteiger partial charge in [0, 0.05) is 13.0 Å². The molecule has 3 N–H and O–H groups in total. The first-order valence-corrected chi connectivity index (χ1v) is 7.15. The summed E-state index contributed by atoms with van der Waals surface area (Å²) >= 11 is 1.20. The van der Waals surface area contributed by atoms with Crippen molar-refractivity contribution in [2.75, 3.05) is 24.7 Å². The third kappa shape index (κ3) is 3.60. The third-order valence-electron chi connectivity index (χ3n) is 2.68. The van der Waals surface area contributed by atoms with Crippen LogP contribution < -0.4 is 11.1 Å². The SMILES string of the molecule is CCC(=O)c1sc(NCC=C(C)C)c(C(=O)OC)c1N. The Morgan fingerprint density at radius 1 is 1.40 bits per heavy atom. The maximum Gasteiger partial charge on any atom is 0.343 e. The lowest BCUT2D eigenvalue weighted by atomic mass is 10.2. The normalized spacial score (nSPS) is 10.0. The fourth-order valence-corrected chi connectivity index (χ4v) is 2.71. The second-order valence-corrected chi connectivity index (χ2v) is 5.50. The smallest absolute Gasteiger partial charge is 0.343 e. The molecular weight excluding hydrogens is 276 g/mol. The molecule has 1 aromatic rings. The second-order valence-electron chi connectivity index (χ2n) is 4.48. The quantitative estimate of drug-likeness (QED) is 0.479. The minimum Gasteiger partial charge on any atom is -0.465 e. The molecule has 0 aliphatic carbocycles. The van der Waals surface area contributed by atoms with Gasteiger partial charge in [0.1, 0.15) is 10.6 Å². The molecule has 0 saturated heterocycles. The van der Waals surface area contributed by atoms with Crippen LogP contribution in [0.4, 0.5) is 10.7 Å². The van der Waals surface area contributed by atoms with Gasteiger partial charge in [0.25, 0.3) is 0 Å². The molecule has 1 heterocycles. The Kier molecular flexibility index (Phi) is 5.76. The van der Waals surface area contributed by atoms with Crippen LogP contribution in [0.1, 0.15) is 47.2 Å². The summed E-state index contributed by atoms with van der Waals surface area (Å²) in [5.41, 5.74) is 7.53. The fourth-order valence-electron chi connectivity index (χ4n) is 1.59. The molecule has 20 heavy (non-hydrogen) atoms. The molecule has 1 rings (SSSR count). The van der Waals surface area contributed by atoms with Crippen LogP contribution in [0.3, 0.4) is 0 Å². The standard InChI is InChI=1S/C14H20N2O3S/c1-5-9(17)12-11(15)10(14(18)19-4)13(20-12)16-7-6-8(2)3/h6,16H,5,7,15H2,1-4H3. The molecule has 0 radical (unpaired) electrons. The summed E-state index contributed by atoms with van der Waals surface area (Å²) in [6, 6.07) is 0. The first-order valence-electron chi connectivity index (χ1n) is 6.33. The highest BCUT2D eigenvalue weighted by atomic mass is 32.1. The molecule has 0 amide bonds. The molecule has 1 aromatic heterocycles. The summed E-state index contributed by atoms with van der Waals surface area (Å²) in [4.78, 5) is 24.1. The molecule has 0 saturated carbocycles. The number of allylic oxidation sites excluding steroid dienone is 1. The van der Waals surface area contributed by atoms with E-state index < -0.39 is 5.97 Å². The van der Waals surface area contributed by atoms with E-state index in [1.165, 1.54) is 18.4 Å². The van der Waals surface area contributed by atoms with Gasteiger partial charge in [0.2, 0.25) is 0 Å². The largest absolute Gasteiger partial charge is 0.465 e. The Labute approximate surface area is 122 Å². The predicted molar refractivity (Wildman–Crippen MR) is 82.6 cm³/mol. The van der Waals surface area contributed by atoms with Gasteiger partial charge < -0.3 is 15.8 Å². The zero-order chi connectivity index (χ0) is 15.3. The van der Waals surface area contributed by atoms with E-state index in [9.17, 15) is 9.59 Å². The van der Waals surface area contributed by atoms with E-state index in [0.29, 0.717) is 22.8 Å². The summed E-state index contributed by atoms with van der Waals surface area (Å²) in [5, 5.41) is 3.68. The van der Waals surface area contributed by atoms with Gasteiger partial charge in [0.05, 0.1) is 17.7 Å². The van der Waals surface area contributed by atoms with Crippen LogP contribution in [0, 0.1) is 0 Å². The number of hydrogen-bond donors (Lipinski definition) is 2. The van der Waals surface area contributed by atoms with Crippen molar-refractivity contribution in [3.8, 4) is 0 Å². The predicted octanol–water partition coefficient (Wildman–Crippen LogP) is 3.09. The second kappa shape index (κ2) is 7.09. The number of ether oxygens (including phenoxy) is 1. The molecule has 0 aromatic carbocycles. The van der Waals surface area contributed by atoms with Gasteiger partial charge in [0.15, 0.2) is 5.78 Å². The van der Waals surface area contributed by atoms with Crippen molar-refractivity contribution in [2.24, 2.45) is 0 Å². The van der Waals surface area contributed by atoms with Crippen molar-refractivity contribution in [1.82, 2.24) is 0 Å². The Hall–Kier alpha value is -1.82. The van der Waals surface area contributed by atoms with E-state index in [2.05, 4.69) is 5.32 Å². The molecule has 0 bridgehead atoms. The van der Waals surface area contributed by atoms with Gasteiger partial charge in [-0.15, -0.1) is 11.3 Å². The van der Waals surface area contributed by atoms with Crippen molar-refractivity contribution in [3.05, 3.63) is 22.1 Å². The van der Waals surface area contributed by atoms with Gasteiger partial charge in [-0.2, -0.15) is 0 Å². The maximum absolute atomic E-state index is 11.8. The van der Waals surface area contributed by atoms with Gasteiger partial charge in [-0.25, -0.2) is 4.79 Å². The Balaban J connectivity index is 3.16. The monoisotopic (exact) mass is 296 g/mol. The van der Waals surface area contributed by atoms with E-state index in [0.717, 1.165) is 5.57 Å². The van der Waals surface area contributed by atoms with Gasteiger partial charge in [-0.05, 0) is 13.8 Å². The van der Waals surface area contributed by atoms with E-state index in [4.69, 9.17) is 10.5 Å². The third-order valence-corrected chi connectivity index (χ3v) is 3.89. The van der Waals surface area contributed by atoms with E-state index in [-0.39, 0.29) is 17.0 Å². The van der Waals surface area contributed by atoms with Crippen LogP contribution >= 0.6 is 11.3 Å². The number of nitrogen functional groups attached to an aromatic ring is 1. The van der Waals surface area contributed by atoms with Crippen molar-refractivity contribution < 1.29 is 14.3 Å². The molecule has 110 valence electrons. The van der Waals surface area contributed by atoms with Gasteiger partial charge in [-0.1, -0.05) is 18.6 Å². The van der Waals surface area contributed by atoms with Crippen molar-refractivity contribution >= 4 is 33.8 Å². The van der Waals surface area contributed by atoms with Crippen molar-refractivity contribution in [1.29, 1.82) is 0 Å². The molecular formula is C14H20N2O3S. The van der Waals surface area contributed by atoms with Crippen LogP contribution in [-0.4, -0.2) is 25.4 Å².